The lowest BCUT2D eigenvalue weighted by atomic mass is 10.0. The lowest BCUT2D eigenvalue weighted by molar-refractivity contribution is 0.637. The molecule has 0 amide bonds. The Balaban J connectivity index is 2.12. The number of rotatable bonds is 0. The van der Waals surface area contributed by atoms with Gasteiger partial charge in [0, 0.05) is 36.5 Å². The monoisotopic (exact) mass is 278 g/mol. The largest absolute Gasteiger partial charge is 0.358 e. The molecular weight excluding hydrogens is 264 g/mol. The van der Waals surface area contributed by atoms with Gasteiger partial charge in [0.05, 0.1) is 4.32 Å². The average molecular weight is 279 g/mol. The molecule has 1 unspecified atom stereocenters. The molecule has 0 radical (unpaired) electrons. The number of hydrogen-bond acceptors (Lipinski definition) is 1. The minimum absolute atomic E-state index is 0.0260. The van der Waals surface area contributed by atoms with E-state index in [1.165, 1.54) is 22.5 Å². The second kappa shape index (κ2) is 3.60. The fraction of sp³-hybridized carbons (Fsp3) is 0.385. The van der Waals surface area contributed by atoms with Gasteiger partial charge in [0.1, 0.15) is 0 Å². The van der Waals surface area contributed by atoms with Gasteiger partial charge in [-0.3, -0.25) is 0 Å². The Morgan fingerprint density at radius 3 is 3.00 bits per heavy atom. The van der Waals surface area contributed by atoms with Crippen molar-refractivity contribution in [2.75, 3.05) is 6.54 Å². The van der Waals surface area contributed by atoms with Crippen LogP contribution in [0, 0.1) is 0 Å². The van der Waals surface area contributed by atoms with Gasteiger partial charge in [0.15, 0.2) is 0 Å². The van der Waals surface area contributed by atoms with Gasteiger partial charge in [-0.1, -0.05) is 34.2 Å². The van der Waals surface area contributed by atoms with Crippen LogP contribution in [0.2, 0.25) is 0 Å². The van der Waals surface area contributed by atoms with Crippen LogP contribution in [0.25, 0.3) is 12.2 Å². The second-order valence-corrected chi connectivity index (χ2v) is 6.36. The van der Waals surface area contributed by atoms with Crippen LogP contribution < -0.4 is 5.32 Å². The zero-order valence-corrected chi connectivity index (χ0v) is 10.9. The van der Waals surface area contributed by atoms with Crippen LogP contribution in [0.4, 0.5) is 0 Å². The Labute approximate surface area is 104 Å². The van der Waals surface area contributed by atoms with Gasteiger partial charge in [-0.15, -0.1) is 0 Å². The number of aromatic nitrogens is 1. The van der Waals surface area contributed by atoms with Gasteiger partial charge in [0.25, 0.3) is 0 Å². The molecule has 0 saturated carbocycles. The summed E-state index contributed by atoms with van der Waals surface area (Å²) in [4.78, 5) is 3.53. The molecule has 2 N–H and O–H groups in total. The molecule has 1 aliphatic carbocycles. The van der Waals surface area contributed by atoms with Gasteiger partial charge in [-0.05, 0) is 18.6 Å². The topological polar surface area (TPSA) is 27.8 Å². The minimum Gasteiger partial charge on any atom is -0.358 e. The Kier molecular flexibility index (Phi) is 2.33. The third-order valence-electron chi connectivity index (χ3n) is 3.27. The van der Waals surface area contributed by atoms with Crippen molar-refractivity contribution >= 4 is 28.1 Å². The normalized spacial score (nSPS) is 27.4. The maximum absolute atomic E-state index is 3.68. The van der Waals surface area contributed by atoms with Gasteiger partial charge >= 0.3 is 0 Å². The highest BCUT2D eigenvalue weighted by Crippen LogP contribution is 2.31. The fourth-order valence-corrected chi connectivity index (χ4v) is 2.61. The van der Waals surface area contributed by atoms with Crippen LogP contribution in [0.15, 0.2) is 12.2 Å². The molecule has 0 saturated heterocycles. The number of fused-ring (bicyclic) bond motifs is 3. The van der Waals surface area contributed by atoms with Gasteiger partial charge < -0.3 is 10.3 Å². The molecule has 1 aliphatic heterocycles. The maximum Gasteiger partial charge on any atom is 0.0595 e. The summed E-state index contributed by atoms with van der Waals surface area (Å²) < 4.78 is -0.0260. The number of H-pyrrole nitrogens is 1. The van der Waals surface area contributed by atoms with Crippen molar-refractivity contribution in [3.05, 3.63) is 34.7 Å². The SMILES string of the molecule is CC1(Br)C=Cc2[nH]c3c(c2C=C1)CNCC3. The molecule has 2 nitrogen and oxygen atoms in total. The van der Waals surface area contributed by atoms with Crippen LogP contribution in [0.1, 0.15) is 29.4 Å². The zero-order chi connectivity index (χ0) is 11.2. The molecule has 1 aromatic rings. The van der Waals surface area contributed by atoms with Crippen molar-refractivity contribution < 1.29 is 0 Å². The molecule has 1 aromatic heterocycles. The van der Waals surface area contributed by atoms with Crippen LogP contribution in [-0.2, 0) is 13.0 Å². The predicted molar refractivity (Wildman–Crippen MR) is 71.6 cm³/mol. The summed E-state index contributed by atoms with van der Waals surface area (Å²) >= 11 is 3.68. The zero-order valence-electron chi connectivity index (χ0n) is 9.31. The highest BCUT2D eigenvalue weighted by Gasteiger charge is 2.21. The van der Waals surface area contributed by atoms with Crippen LogP contribution >= 0.6 is 15.9 Å². The third kappa shape index (κ3) is 1.68. The molecule has 0 aromatic carbocycles. The van der Waals surface area contributed by atoms with Crippen molar-refractivity contribution in [2.24, 2.45) is 0 Å². The van der Waals surface area contributed by atoms with E-state index < -0.39 is 0 Å². The number of halogens is 1. The summed E-state index contributed by atoms with van der Waals surface area (Å²) in [5.74, 6) is 0. The Bertz CT molecular complexity index is 480. The number of alkyl halides is 1. The number of aromatic amines is 1. The van der Waals surface area contributed by atoms with Gasteiger partial charge in [-0.25, -0.2) is 0 Å². The van der Waals surface area contributed by atoms with E-state index in [0.717, 1.165) is 19.5 Å². The van der Waals surface area contributed by atoms with E-state index in [1.54, 1.807) is 0 Å². The van der Waals surface area contributed by atoms with E-state index in [9.17, 15) is 0 Å². The lowest BCUT2D eigenvalue weighted by Gasteiger charge is -2.14. The summed E-state index contributed by atoms with van der Waals surface area (Å²) in [6.45, 7) is 4.21. The van der Waals surface area contributed by atoms with Crippen LogP contribution in [0.3, 0.4) is 0 Å². The molecule has 0 bridgehead atoms. The highest BCUT2D eigenvalue weighted by molar-refractivity contribution is 9.10. The first kappa shape index (κ1) is 10.4. The standard InChI is InChI=1S/C13H15BrN2/c1-13(14)5-2-9-10-8-15-7-4-12(10)16-11(9)3-6-13/h2-3,5-6,15-16H,4,7-8H2,1H3. The molecular formula is C13H15BrN2. The van der Waals surface area contributed by atoms with E-state index in [0.29, 0.717) is 0 Å². The van der Waals surface area contributed by atoms with Gasteiger partial charge in [0.2, 0.25) is 0 Å². The molecule has 2 aliphatic rings. The smallest absolute Gasteiger partial charge is 0.0595 e. The van der Waals surface area contributed by atoms with E-state index >= 15 is 0 Å². The van der Waals surface area contributed by atoms with Crippen molar-refractivity contribution in [3.8, 4) is 0 Å². The molecule has 84 valence electrons. The minimum atomic E-state index is -0.0260. The number of nitrogens with one attached hydrogen (secondary N) is 2. The summed E-state index contributed by atoms with van der Waals surface area (Å²) in [5.41, 5.74) is 5.43. The summed E-state index contributed by atoms with van der Waals surface area (Å²) in [5, 5.41) is 3.43. The van der Waals surface area contributed by atoms with Crippen molar-refractivity contribution in [2.45, 2.75) is 24.2 Å². The van der Waals surface area contributed by atoms with Crippen LogP contribution in [0.5, 0.6) is 0 Å². The Morgan fingerprint density at radius 1 is 1.31 bits per heavy atom. The highest BCUT2D eigenvalue weighted by atomic mass is 79.9. The molecule has 3 heteroatoms. The van der Waals surface area contributed by atoms with Crippen LogP contribution in [-0.4, -0.2) is 15.9 Å². The van der Waals surface area contributed by atoms with Crippen molar-refractivity contribution in [1.82, 2.24) is 10.3 Å². The summed E-state index contributed by atoms with van der Waals surface area (Å²) in [6.07, 6.45) is 9.91. The van der Waals surface area contributed by atoms with E-state index in [4.69, 9.17) is 0 Å². The average Bonchev–Trinajstić information content (AvgIpc) is 2.54. The van der Waals surface area contributed by atoms with Crippen molar-refractivity contribution in [3.63, 3.8) is 0 Å². The van der Waals surface area contributed by atoms with E-state index in [1.807, 2.05) is 0 Å². The predicted octanol–water partition coefficient (Wildman–Crippen LogP) is 2.85. The lowest BCUT2D eigenvalue weighted by Crippen LogP contribution is -2.23. The Hall–Kier alpha value is -0.800. The third-order valence-corrected chi connectivity index (χ3v) is 3.80. The van der Waals surface area contributed by atoms with Gasteiger partial charge in [-0.2, -0.15) is 0 Å². The number of hydrogen-bond donors (Lipinski definition) is 2. The summed E-state index contributed by atoms with van der Waals surface area (Å²) in [7, 11) is 0. The maximum atomic E-state index is 3.68. The first-order valence-electron chi connectivity index (χ1n) is 5.67. The summed E-state index contributed by atoms with van der Waals surface area (Å²) in [6, 6.07) is 0. The molecule has 3 rings (SSSR count). The number of allylic oxidation sites excluding steroid dienone is 2. The molecule has 0 spiro atoms. The van der Waals surface area contributed by atoms with Crippen molar-refractivity contribution in [1.29, 1.82) is 0 Å². The molecule has 2 heterocycles. The fourth-order valence-electron chi connectivity index (χ4n) is 2.34. The van der Waals surface area contributed by atoms with E-state index in [-0.39, 0.29) is 4.32 Å². The molecule has 0 fully saturated rings. The molecule has 16 heavy (non-hydrogen) atoms. The molecule has 1 atom stereocenters. The quantitative estimate of drug-likeness (QED) is 0.702. The first-order valence-corrected chi connectivity index (χ1v) is 6.47. The van der Waals surface area contributed by atoms with E-state index in [2.05, 4.69) is 57.5 Å². The Morgan fingerprint density at radius 2 is 2.12 bits per heavy atom. The second-order valence-electron chi connectivity index (χ2n) is 4.65. The first-order chi connectivity index (χ1) is 7.66.